The van der Waals surface area contributed by atoms with Gasteiger partial charge in [0.25, 0.3) is 5.92 Å². The highest BCUT2D eigenvalue weighted by Gasteiger charge is 2.48. The Hall–Kier alpha value is -1.30. The summed E-state index contributed by atoms with van der Waals surface area (Å²) in [7, 11) is 1.84. The van der Waals surface area contributed by atoms with Crippen molar-refractivity contribution in [2.24, 2.45) is 10.4 Å². The molecule has 2 unspecified atom stereocenters. The number of allylic oxidation sites excluding steroid dienone is 2. The van der Waals surface area contributed by atoms with E-state index in [1.165, 1.54) is 0 Å². The third-order valence-corrected chi connectivity index (χ3v) is 5.54. The minimum atomic E-state index is -2.81. The molecule has 0 aromatic carbocycles. The molecular weight excluding hydrogens is 352 g/mol. The van der Waals surface area contributed by atoms with Crippen LogP contribution in [-0.4, -0.2) is 41.7 Å². The Labute approximate surface area is 161 Å². The van der Waals surface area contributed by atoms with Crippen LogP contribution in [0.25, 0.3) is 0 Å². The van der Waals surface area contributed by atoms with Crippen molar-refractivity contribution in [3.63, 3.8) is 0 Å². The van der Waals surface area contributed by atoms with Crippen molar-refractivity contribution in [2.45, 2.75) is 66.0 Å². The van der Waals surface area contributed by atoms with Gasteiger partial charge in [0, 0.05) is 24.5 Å². The number of nitrogens with zero attached hydrogens (tertiary/aromatic N) is 2. The van der Waals surface area contributed by atoms with Gasteiger partial charge >= 0.3 is 0 Å². The summed E-state index contributed by atoms with van der Waals surface area (Å²) in [4.78, 5) is 7.41. The van der Waals surface area contributed by atoms with Crippen LogP contribution in [0.1, 0.15) is 48.0 Å². The van der Waals surface area contributed by atoms with E-state index in [9.17, 15) is 8.78 Å². The average Bonchev–Trinajstić information content (AvgIpc) is 2.51. The normalized spacial score (nSPS) is 22.0. The lowest BCUT2D eigenvalue weighted by atomic mass is 9.78. The molecule has 148 valence electrons. The molecule has 1 heterocycles. The Balaban J connectivity index is 3.10. The summed E-state index contributed by atoms with van der Waals surface area (Å²) in [5.41, 5.74) is -1.22. The molecule has 1 aliphatic heterocycles. The summed E-state index contributed by atoms with van der Waals surface area (Å²) >= 11 is 1.55. The van der Waals surface area contributed by atoms with Crippen molar-refractivity contribution < 1.29 is 8.78 Å². The second-order valence-electron chi connectivity index (χ2n) is 7.35. The number of alkyl halides is 2. The number of amidine groups is 1. The highest BCUT2D eigenvalue weighted by molar-refractivity contribution is 8.17. The fourth-order valence-electron chi connectivity index (χ4n) is 2.70. The third-order valence-electron chi connectivity index (χ3n) is 4.60. The van der Waals surface area contributed by atoms with Gasteiger partial charge in [0.15, 0.2) is 5.17 Å². The number of hydrogen-bond donors (Lipinski definition) is 1. The summed E-state index contributed by atoms with van der Waals surface area (Å²) in [6, 6.07) is -0.278. The SMILES string of the molecule is C/C=C\N(C)C(/C=C/C1=CC(C)NC(=NCCC)S1)C(C)(C)C(C)(F)F. The number of rotatable bonds is 8. The van der Waals surface area contributed by atoms with E-state index in [0.29, 0.717) is 0 Å². The van der Waals surface area contributed by atoms with Crippen LogP contribution in [0.5, 0.6) is 0 Å². The van der Waals surface area contributed by atoms with Gasteiger partial charge in [0.2, 0.25) is 0 Å². The predicted octanol–water partition coefficient (Wildman–Crippen LogP) is 5.43. The highest BCUT2D eigenvalue weighted by Crippen LogP contribution is 2.41. The molecule has 0 saturated carbocycles. The molecule has 1 aliphatic rings. The number of aliphatic imine (C=N–C) groups is 1. The van der Waals surface area contributed by atoms with Crippen LogP contribution in [0, 0.1) is 5.41 Å². The van der Waals surface area contributed by atoms with E-state index in [2.05, 4.69) is 30.2 Å². The lowest BCUT2D eigenvalue weighted by molar-refractivity contribution is -0.110. The molecule has 0 bridgehead atoms. The van der Waals surface area contributed by atoms with Gasteiger partial charge in [-0.2, -0.15) is 0 Å². The molecule has 0 saturated heterocycles. The number of thioether (sulfide) groups is 1. The first-order chi connectivity index (χ1) is 12.0. The minimum Gasteiger partial charge on any atom is -0.374 e. The number of halogens is 2. The standard InChI is InChI=1S/C20H33F2N3S/c1-8-12-23-18-24-15(3)14-16(26-18)10-11-17(25(7)13-9-2)19(4,5)20(6,21)22/h9-11,13-15,17H,8,12H2,1-7H3,(H,23,24)/b11-10+,13-9-. The summed E-state index contributed by atoms with van der Waals surface area (Å²) in [6.07, 6.45) is 10.6. The van der Waals surface area contributed by atoms with Crippen molar-refractivity contribution in [1.82, 2.24) is 10.2 Å². The maximum absolute atomic E-state index is 14.2. The van der Waals surface area contributed by atoms with E-state index < -0.39 is 17.4 Å². The second-order valence-corrected chi connectivity index (χ2v) is 8.42. The molecule has 6 heteroatoms. The van der Waals surface area contributed by atoms with Crippen LogP contribution in [0.3, 0.4) is 0 Å². The monoisotopic (exact) mass is 385 g/mol. The molecular formula is C20H33F2N3S. The van der Waals surface area contributed by atoms with E-state index in [4.69, 9.17) is 0 Å². The number of likely N-dealkylation sites (N-methyl/N-ethyl adjacent to an activating group) is 1. The summed E-state index contributed by atoms with van der Waals surface area (Å²) in [6.45, 7) is 11.0. The maximum Gasteiger partial charge on any atom is 0.252 e. The predicted molar refractivity (Wildman–Crippen MR) is 111 cm³/mol. The van der Waals surface area contributed by atoms with Crippen LogP contribution < -0.4 is 5.32 Å². The summed E-state index contributed by atoms with van der Waals surface area (Å²) in [5.74, 6) is -2.81. The Kier molecular flexibility index (Phi) is 8.38. The molecule has 0 aromatic rings. The fourth-order valence-corrected chi connectivity index (χ4v) is 3.74. The van der Waals surface area contributed by atoms with E-state index in [0.717, 1.165) is 30.0 Å². The molecule has 1 rings (SSSR count). The Morgan fingerprint density at radius 3 is 2.58 bits per heavy atom. The van der Waals surface area contributed by atoms with Gasteiger partial charge in [-0.05, 0) is 39.5 Å². The Bertz CT molecular complexity index is 574. The third kappa shape index (κ3) is 6.15. The summed E-state index contributed by atoms with van der Waals surface area (Å²) < 4.78 is 28.5. The first kappa shape index (κ1) is 22.7. The average molecular weight is 386 g/mol. The molecule has 0 radical (unpaired) electrons. The van der Waals surface area contributed by atoms with Crippen LogP contribution in [0.2, 0.25) is 0 Å². The molecule has 0 aliphatic carbocycles. The van der Waals surface area contributed by atoms with Crippen molar-refractivity contribution in [3.8, 4) is 0 Å². The molecule has 0 spiro atoms. The molecule has 0 amide bonds. The highest BCUT2D eigenvalue weighted by atomic mass is 32.2. The molecule has 1 N–H and O–H groups in total. The lowest BCUT2D eigenvalue weighted by Crippen LogP contribution is -2.49. The van der Waals surface area contributed by atoms with Gasteiger partial charge < -0.3 is 10.2 Å². The van der Waals surface area contributed by atoms with Gasteiger partial charge in [-0.3, -0.25) is 4.99 Å². The van der Waals surface area contributed by atoms with E-state index >= 15 is 0 Å². The minimum absolute atomic E-state index is 0.166. The molecule has 26 heavy (non-hydrogen) atoms. The molecule has 2 atom stereocenters. The first-order valence-electron chi connectivity index (χ1n) is 9.14. The van der Waals surface area contributed by atoms with Crippen molar-refractivity contribution in [2.75, 3.05) is 13.6 Å². The Morgan fingerprint density at radius 2 is 2.04 bits per heavy atom. The van der Waals surface area contributed by atoms with E-state index in [-0.39, 0.29) is 6.04 Å². The summed E-state index contributed by atoms with van der Waals surface area (Å²) in [5, 5.41) is 4.22. The molecule has 3 nitrogen and oxygen atoms in total. The van der Waals surface area contributed by atoms with Crippen LogP contribution >= 0.6 is 11.8 Å². The van der Waals surface area contributed by atoms with Crippen LogP contribution in [-0.2, 0) is 0 Å². The van der Waals surface area contributed by atoms with E-state index in [1.807, 2.05) is 43.3 Å². The van der Waals surface area contributed by atoms with Gasteiger partial charge in [0.1, 0.15) is 0 Å². The van der Waals surface area contributed by atoms with Crippen molar-refractivity contribution in [3.05, 3.63) is 35.4 Å². The fraction of sp³-hybridized carbons (Fsp3) is 0.650. The van der Waals surface area contributed by atoms with Gasteiger partial charge in [-0.25, -0.2) is 8.78 Å². The zero-order valence-electron chi connectivity index (χ0n) is 17.0. The van der Waals surface area contributed by atoms with Crippen LogP contribution in [0.4, 0.5) is 8.78 Å². The van der Waals surface area contributed by atoms with E-state index in [1.54, 1.807) is 25.6 Å². The van der Waals surface area contributed by atoms with Gasteiger partial charge in [0.05, 0.1) is 11.5 Å². The molecule has 0 aromatic heterocycles. The lowest BCUT2D eigenvalue weighted by Gasteiger charge is -2.42. The topological polar surface area (TPSA) is 27.6 Å². The van der Waals surface area contributed by atoms with Crippen molar-refractivity contribution in [1.29, 1.82) is 0 Å². The number of hydrogen-bond acceptors (Lipinski definition) is 3. The largest absolute Gasteiger partial charge is 0.374 e. The van der Waals surface area contributed by atoms with Crippen LogP contribution in [0.15, 0.2) is 40.4 Å². The molecule has 0 fully saturated rings. The quantitative estimate of drug-likeness (QED) is 0.603. The zero-order chi connectivity index (χ0) is 20.0. The number of nitrogens with one attached hydrogen (secondary N) is 1. The van der Waals surface area contributed by atoms with Gasteiger partial charge in [-0.15, -0.1) is 0 Å². The van der Waals surface area contributed by atoms with Gasteiger partial charge in [-0.1, -0.05) is 50.8 Å². The van der Waals surface area contributed by atoms with Crippen molar-refractivity contribution >= 4 is 16.9 Å². The zero-order valence-corrected chi connectivity index (χ0v) is 17.8. The maximum atomic E-state index is 14.2. The first-order valence-corrected chi connectivity index (χ1v) is 9.96. The Morgan fingerprint density at radius 1 is 1.38 bits per heavy atom. The second kappa shape index (κ2) is 9.58. The smallest absolute Gasteiger partial charge is 0.252 e.